The summed E-state index contributed by atoms with van der Waals surface area (Å²) < 4.78 is 26.8. The van der Waals surface area contributed by atoms with E-state index in [9.17, 15) is 8.42 Å². The van der Waals surface area contributed by atoms with Crippen LogP contribution in [0.1, 0.15) is 46.6 Å². The van der Waals surface area contributed by atoms with Gasteiger partial charge >= 0.3 is 0 Å². The molecule has 1 aromatic rings. The number of hydrogen-bond donors (Lipinski definition) is 2. The van der Waals surface area contributed by atoms with E-state index in [1.807, 2.05) is 12.1 Å². The molecule has 0 radical (unpaired) electrons. The first-order valence-electron chi connectivity index (χ1n) is 6.87. The molecule has 3 N–H and O–H groups in total. The highest BCUT2D eigenvalue weighted by Gasteiger charge is 2.21. The first kappa shape index (κ1) is 17.1. The third-order valence-electron chi connectivity index (χ3n) is 3.55. The van der Waals surface area contributed by atoms with E-state index < -0.39 is 15.6 Å². The van der Waals surface area contributed by atoms with Gasteiger partial charge in [-0.25, -0.2) is 13.1 Å². The summed E-state index contributed by atoms with van der Waals surface area (Å²) in [6, 6.07) is 7.06. The Hall–Kier alpha value is -0.910. The van der Waals surface area contributed by atoms with Gasteiger partial charge in [-0.3, -0.25) is 0 Å². The molecule has 0 aliphatic heterocycles. The molecule has 0 unspecified atom stereocenters. The van der Waals surface area contributed by atoms with Crippen molar-refractivity contribution >= 4 is 10.0 Å². The lowest BCUT2D eigenvalue weighted by molar-refractivity contribution is 0.497. The minimum Gasteiger partial charge on any atom is -0.324 e. The van der Waals surface area contributed by atoms with Crippen LogP contribution in [0.3, 0.4) is 0 Å². The van der Waals surface area contributed by atoms with Gasteiger partial charge in [0, 0.05) is 12.1 Å². The molecular formula is C15H26N2O2S. The van der Waals surface area contributed by atoms with Gasteiger partial charge in [0.2, 0.25) is 10.0 Å². The summed E-state index contributed by atoms with van der Waals surface area (Å²) in [5.74, 6) is 0. The van der Waals surface area contributed by atoms with Crippen LogP contribution in [0.5, 0.6) is 0 Å². The molecule has 20 heavy (non-hydrogen) atoms. The second kappa shape index (κ2) is 5.84. The Labute approximate surface area is 122 Å². The lowest BCUT2D eigenvalue weighted by Crippen LogP contribution is -2.45. The van der Waals surface area contributed by atoms with Crippen molar-refractivity contribution in [2.75, 3.05) is 6.54 Å². The smallest absolute Gasteiger partial charge is 0.240 e. The first-order valence-corrected chi connectivity index (χ1v) is 8.35. The normalized spacial score (nSPS) is 13.5. The van der Waals surface area contributed by atoms with Crippen molar-refractivity contribution < 1.29 is 8.42 Å². The van der Waals surface area contributed by atoms with Crippen molar-refractivity contribution in [3.8, 4) is 0 Å². The van der Waals surface area contributed by atoms with Crippen LogP contribution in [-0.2, 0) is 15.4 Å². The van der Waals surface area contributed by atoms with Crippen LogP contribution in [0.2, 0.25) is 0 Å². The van der Waals surface area contributed by atoms with Crippen molar-refractivity contribution in [3.63, 3.8) is 0 Å². The molecule has 0 atom stereocenters. The van der Waals surface area contributed by atoms with E-state index in [1.165, 1.54) is 0 Å². The average Bonchev–Trinajstić information content (AvgIpc) is 2.36. The molecule has 0 heterocycles. The molecule has 0 saturated heterocycles. The van der Waals surface area contributed by atoms with Crippen molar-refractivity contribution in [1.82, 2.24) is 4.72 Å². The van der Waals surface area contributed by atoms with E-state index in [0.29, 0.717) is 0 Å². The summed E-state index contributed by atoms with van der Waals surface area (Å²) in [5.41, 5.74) is 6.41. The summed E-state index contributed by atoms with van der Waals surface area (Å²) in [5, 5.41) is 0. The van der Waals surface area contributed by atoms with Crippen molar-refractivity contribution in [3.05, 3.63) is 29.8 Å². The topological polar surface area (TPSA) is 72.2 Å². The molecule has 1 rings (SSSR count). The fraction of sp³-hybridized carbons (Fsp3) is 0.600. The SMILES string of the molecule is CCC(C)(C)c1ccc(S(=O)(=O)NCC(C)(C)N)cc1. The quantitative estimate of drug-likeness (QED) is 0.847. The Morgan fingerprint density at radius 2 is 1.60 bits per heavy atom. The van der Waals surface area contributed by atoms with E-state index >= 15 is 0 Å². The molecule has 5 heteroatoms. The molecule has 0 saturated carbocycles. The van der Waals surface area contributed by atoms with Gasteiger partial charge in [-0.1, -0.05) is 32.9 Å². The van der Waals surface area contributed by atoms with E-state index in [4.69, 9.17) is 5.73 Å². The monoisotopic (exact) mass is 298 g/mol. The van der Waals surface area contributed by atoms with Crippen LogP contribution in [0.25, 0.3) is 0 Å². The molecule has 114 valence electrons. The number of nitrogens with one attached hydrogen (secondary N) is 1. The Morgan fingerprint density at radius 3 is 2.00 bits per heavy atom. The highest BCUT2D eigenvalue weighted by atomic mass is 32.2. The predicted molar refractivity (Wildman–Crippen MR) is 83.2 cm³/mol. The van der Waals surface area contributed by atoms with E-state index in [1.54, 1.807) is 26.0 Å². The van der Waals surface area contributed by atoms with Crippen LogP contribution >= 0.6 is 0 Å². The van der Waals surface area contributed by atoms with Gasteiger partial charge in [0.1, 0.15) is 0 Å². The Kier molecular flexibility index (Phi) is 5.00. The van der Waals surface area contributed by atoms with E-state index in [-0.39, 0.29) is 16.9 Å². The lowest BCUT2D eigenvalue weighted by Gasteiger charge is -2.23. The molecule has 1 aromatic carbocycles. The number of rotatable bonds is 6. The molecular weight excluding hydrogens is 272 g/mol. The number of hydrogen-bond acceptors (Lipinski definition) is 3. The van der Waals surface area contributed by atoms with Gasteiger partial charge in [-0.05, 0) is 43.4 Å². The molecule has 4 nitrogen and oxygen atoms in total. The number of nitrogens with two attached hydrogens (primary N) is 1. The first-order chi connectivity index (χ1) is 8.98. The molecule has 0 bridgehead atoms. The third-order valence-corrected chi connectivity index (χ3v) is 4.96. The minimum absolute atomic E-state index is 0.0506. The summed E-state index contributed by atoms with van der Waals surface area (Å²) in [4.78, 5) is 0.275. The maximum Gasteiger partial charge on any atom is 0.240 e. The second-order valence-corrected chi connectivity index (χ2v) is 8.34. The molecule has 0 aromatic heterocycles. The third kappa shape index (κ3) is 4.58. The fourth-order valence-corrected chi connectivity index (χ4v) is 2.88. The van der Waals surface area contributed by atoms with Gasteiger partial charge < -0.3 is 5.73 Å². The van der Waals surface area contributed by atoms with Crippen molar-refractivity contribution in [1.29, 1.82) is 0 Å². The van der Waals surface area contributed by atoms with Gasteiger partial charge in [0.05, 0.1) is 4.90 Å². The van der Waals surface area contributed by atoms with Gasteiger partial charge in [0.15, 0.2) is 0 Å². The number of benzene rings is 1. The molecule has 0 aliphatic carbocycles. The molecule has 0 fully saturated rings. The standard InChI is InChI=1S/C15H26N2O2S/c1-6-14(2,3)12-7-9-13(10-8-12)20(18,19)17-11-15(4,5)16/h7-10,17H,6,11,16H2,1-5H3. The van der Waals surface area contributed by atoms with Crippen LogP contribution in [0, 0.1) is 0 Å². The summed E-state index contributed by atoms with van der Waals surface area (Å²) >= 11 is 0. The maximum absolute atomic E-state index is 12.1. The lowest BCUT2D eigenvalue weighted by atomic mass is 9.82. The maximum atomic E-state index is 12.1. The van der Waals surface area contributed by atoms with Gasteiger partial charge in [0.25, 0.3) is 0 Å². The molecule has 0 spiro atoms. The minimum atomic E-state index is -3.49. The van der Waals surface area contributed by atoms with Crippen molar-refractivity contribution in [2.24, 2.45) is 5.73 Å². The summed E-state index contributed by atoms with van der Waals surface area (Å²) in [6.07, 6.45) is 0.999. The van der Waals surface area contributed by atoms with Crippen molar-refractivity contribution in [2.45, 2.75) is 56.9 Å². The van der Waals surface area contributed by atoms with Crippen LogP contribution in [0.4, 0.5) is 0 Å². The van der Waals surface area contributed by atoms with E-state index in [0.717, 1.165) is 12.0 Å². The number of sulfonamides is 1. The summed E-state index contributed by atoms with van der Waals surface area (Å²) in [7, 11) is -3.49. The Morgan fingerprint density at radius 1 is 1.10 bits per heavy atom. The zero-order chi connectivity index (χ0) is 15.6. The van der Waals surface area contributed by atoms with Crippen LogP contribution < -0.4 is 10.5 Å². The predicted octanol–water partition coefficient (Wildman–Crippen LogP) is 2.39. The van der Waals surface area contributed by atoms with Crippen LogP contribution in [0.15, 0.2) is 29.2 Å². The molecule has 0 amide bonds. The average molecular weight is 298 g/mol. The second-order valence-electron chi connectivity index (χ2n) is 6.57. The Bertz CT molecular complexity index is 540. The summed E-state index contributed by atoms with van der Waals surface area (Å²) in [6.45, 7) is 10.2. The fourth-order valence-electron chi connectivity index (χ4n) is 1.65. The van der Waals surface area contributed by atoms with Gasteiger partial charge in [-0.15, -0.1) is 0 Å². The van der Waals surface area contributed by atoms with E-state index in [2.05, 4.69) is 25.5 Å². The highest BCUT2D eigenvalue weighted by Crippen LogP contribution is 2.27. The van der Waals surface area contributed by atoms with Gasteiger partial charge in [-0.2, -0.15) is 0 Å². The Balaban J connectivity index is 2.93. The highest BCUT2D eigenvalue weighted by molar-refractivity contribution is 7.89. The zero-order valence-electron chi connectivity index (χ0n) is 13.0. The largest absolute Gasteiger partial charge is 0.324 e. The van der Waals surface area contributed by atoms with Crippen LogP contribution in [-0.4, -0.2) is 20.5 Å². The zero-order valence-corrected chi connectivity index (χ0v) is 13.8. The molecule has 0 aliphatic rings.